The number of likely N-dealkylation sites (tertiary alicyclic amines) is 1. The van der Waals surface area contributed by atoms with Gasteiger partial charge < -0.3 is 10.0 Å². The summed E-state index contributed by atoms with van der Waals surface area (Å²) in [5.41, 5.74) is 0. The first-order valence-electron chi connectivity index (χ1n) is 7.20. The normalized spacial score (nSPS) is 19.6. The van der Waals surface area contributed by atoms with Gasteiger partial charge in [0.25, 0.3) is 0 Å². The highest BCUT2D eigenvalue weighted by molar-refractivity contribution is 5.95. The molecule has 0 aromatic heterocycles. The van der Waals surface area contributed by atoms with E-state index in [1.807, 2.05) is 0 Å². The summed E-state index contributed by atoms with van der Waals surface area (Å²) >= 11 is 0. The van der Waals surface area contributed by atoms with Gasteiger partial charge in [0, 0.05) is 19.5 Å². The van der Waals surface area contributed by atoms with Crippen molar-refractivity contribution in [1.82, 2.24) is 10.2 Å². The van der Waals surface area contributed by atoms with Crippen molar-refractivity contribution < 1.29 is 19.5 Å². The van der Waals surface area contributed by atoms with Crippen molar-refractivity contribution in [1.29, 1.82) is 0 Å². The van der Waals surface area contributed by atoms with Gasteiger partial charge in [-0.25, -0.2) is 4.79 Å². The van der Waals surface area contributed by atoms with Gasteiger partial charge >= 0.3 is 12.0 Å². The van der Waals surface area contributed by atoms with Crippen LogP contribution in [-0.2, 0) is 9.59 Å². The zero-order valence-corrected chi connectivity index (χ0v) is 12.2. The molecule has 2 N–H and O–H groups in total. The predicted molar refractivity (Wildman–Crippen MR) is 74.2 cm³/mol. The number of imide groups is 1. The summed E-state index contributed by atoms with van der Waals surface area (Å²) in [6.07, 6.45) is 2.58. The van der Waals surface area contributed by atoms with Crippen LogP contribution < -0.4 is 5.32 Å². The molecule has 1 rings (SSSR count). The number of carbonyl (C=O) groups excluding carboxylic acids is 2. The number of hydrogen-bond donors (Lipinski definition) is 2. The fraction of sp³-hybridized carbons (Fsp3) is 0.786. The Morgan fingerprint density at radius 3 is 2.50 bits per heavy atom. The number of hydrogen-bond acceptors (Lipinski definition) is 3. The molecule has 3 amide bonds. The highest BCUT2D eigenvalue weighted by Crippen LogP contribution is 2.24. The molecule has 0 bridgehead atoms. The number of carbonyl (C=O) groups is 3. The van der Waals surface area contributed by atoms with Crippen LogP contribution in [0.5, 0.6) is 0 Å². The van der Waals surface area contributed by atoms with Crippen LogP contribution in [-0.4, -0.2) is 41.0 Å². The van der Waals surface area contributed by atoms with Gasteiger partial charge in [-0.3, -0.25) is 14.9 Å². The predicted octanol–water partition coefficient (Wildman–Crippen LogP) is 1.85. The Kier molecular flexibility index (Phi) is 6.48. The molecule has 1 atom stereocenters. The molecule has 114 valence electrons. The van der Waals surface area contributed by atoms with Crippen LogP contribution in [0.2, 0.25) is 0 Å². The van der Waals surface area contributed by atoms with Crippen molar-refractivity contribution in [3.8, 4) is 0 Å². The minimum atomic E-state index is -1.04. The van der Waals surface area contributed by atoms with Crippen molar-refractivity contribution in [2.75, 3.05) is 13.1 Å². The molecule has 0 aromatic carbocycles. The van der Waals surface area contributed by atoms with E-state index in [0.717, 1.165) is 19.3 Å². The Morgan fingerprint density at radius 2 is 1.90 bits per heavy atom. The maximum Gasteiger partial charge on any atom is 0.324 e. The lowest BCUT2D eigenvalue weighted by atomic mass is 9.89. The standard InChI is InChI=1S/C14H24N2O4/c1-10(2)11-4-3-8-16(9-7-11)14(20)15-12(17)5-6-13(18)19/h10-11H,3-9H2,1-2H3,(H,18,19)(H,15,17,20). The number of urea groups is 1. The number of amides is 3. The molecule has 0 aliphatic carbocycles. The van der Waals surface area contributed by atoms with Gasteiger partial charge in [0.1, 0.15) is 0 Å². The van der Waals surface area contributed by atoms with E-state index in [1.165, 1.54) is 0 Å². The van der Waals surface area contributed by atoms with E-state index < -0.39 is 17.9 Å². The van der Waals surface area contributed by atoms with Gasteiger partial charge in [0.2, 0.25) is 5.91 Å². The molecule has 0 radical (unpaired) electrons. The van der Waals surface area contributed by atoms with E-state index in [4.69, 9.17) is 5.11 Å². The maximum atomic E-state index is 11.9. The third-order valence-electron chi connectivity index (χ3n) is 3.82. The lowest BCUT2D eigenvalue weighted by Gasteiger charge is -2.21. The Balaban J connectivity index is 2.39. The fourth-order valence-electron chi connectivity index (χ4n) is 2.47. The summed E-state index contributed by atoms with van der Waals surface area (Å²) in [6.45, 7) is 5.69. The molecule has 1 saturated heterocycles. The average Bonchev–Trinajstić information content (AvgIpc) is 2.62. The summed E-state index contributed by atoms with van der Waals surface area (Å²) in [5, 5.41) is 10.7. The monoisotopic (exact) mass is 284 g/mol. The van der Waals surface area contributed by atoms with Crippen LogP contribution in [0, 0.1) is 11.8 Å². The molecule has 1 unspecified atom stereocenters. The van der Waals surface area contributed by atoms with Crippen molar-refractivity contribution in [2.45, 2.75) is 46.0 Å². The van der Waals surface area contributed by atoms with Gasteiger partial charge in [-0.2, -0.15) is 0 Å². The first-order valence-corrected chi connectivity index (χ1v) is 7.20. The SMILES string of the molecule is CC(C)C1CCCN(C(=O)NC(=O)CCC(=O)O)CC1. The highest BCUT2D eigenvalue weighted by atomic mass is 16.4. The van der Waals surface area contributed by atoms with Gasteiger partial charge in [0.15, 0.2) is 0 Å². The highest BCUT2D eigenvalue weighted by Gasteiger charge is 2.23. The lowest BCUT2D eigenvalue weighted by molar-refractivity contribution is -0.138. The summed E-state index contributed by atoms with van der Waals surface area (Å²) in [4.78, 5) is 35.4. The van der Waals surface area contributed by atoms with Gasteiger partial charge in [-0.1, -0.05) is 13.8 Å². The number of carboxylic acids is 1. The molecule has 20 heavy (non-hydrogen) atoms. The molecule has 1 aliphatic heterocycles. The lowest BCUT2D eigenvalue weighted by Crippen LogP contribution is -2.43. The quantitative estimate of drug-likeness (QED) is 0.824. The number of aliphatic carboxylic acids is 1. The van der Waals surface area contributed by atoms with Crippen molar-refractivity contribution in [3.05, 3.63) is 0 Å². The molecule has 0 aromatic rings. The van der Waals surface area contributed by atoms with Crippen LogP contribution >= 0.6 is 0 Å². The Hall–Kier alpha value is -1.59. The van der Waals surface area contributed by atoms with Crippen LogP contribution in [0.15, 0.2) is 0 Å². The summed E-state index contributed by atoms with van der Waals surface area (Å²) in [5.74, 6) is -0.338. The largest absolute Gasteiger partial charge is 0.481 e. The molecule has 6 nitrogen and oxygen atoms in total. The Bertz CT molecular complexity index is 368. The zero-order chi connectivity index (χ0) is 15.1. The van der Waals surface area contributed by atoms with Gasteiger partial charge in [0.05, 0.1) is 6.42 Å². The molecule has 0 spiro atoms. The summed E-state index contributed by atoms with van der Waals surface area (Å²) in [6, 6.07) is -0.398. The second kappa shape index (κ2) is 7.87. The first kappa shape index (κ1) is 16.5. The topological polar surface area (TPSA) is 86.7 Å². The van der Waals surface area contributed by atoms with E-state index in [9.17, 15) is 14.4 Å². The van der Waals surface area contributed by atoms with Crippen LogP contribution in [0.4, 0.5) is 4.79 Å². The Labute approximate surface area is 119 Å². The van der Waals surface area contributed by atoms with E-state index in [1.54, 1.807) is 4.90 Å². The fourth-order valence-corrected chi connectivity index (χ4v) is 2.47. The molecule has 6 heteroatoms. The zero-order valence-electron chi connectivity index (χ0n) is 12.2. The number of carboxylic acid groups (broad SMARTS) is 1. The van der Waals surface area contributed by atoms with Gasteiger partial charge in [-0.15, -0.1) is 0 Å². The second-order valence-electron chi connectivity index (χ2n) is 5.67. The minimum absolute atomic E-state index is 0.163. The third kappa shape index (κ3) is 5.59. The van der Waals surface area contributed by atoms with Crippen molar-refractivity contribution >= 4 is 17.9 Å². The smallest absolute Gasteiger partial charge is 0.324 e. The van der Waals surface area contributed by atoms with Crippen LogP contribution in [0.25, 0.3) is 0 Å². The van der Waals surface area contributed by atoms with Crippen LogP contribution in [0.1, 0.15) is 46.0 Å². The minimum Gasteiger partial charge on any atom is -0.481 e. The number of nitrogens with one attached hydrogen (secondary N) is 1. The Morgan fingerprint density at radius 1 is 1.20 bits per heavy atom. The molecular weight excluding hydrogens is 260 g/mol. The van der Waals surface area contributed by atoms with E-state index in [0.29, 0.717) is 24.9 Å². The molecule has 1 fully saturated rings. The average molecular weight is 284 g/mol. The summed E-state index contributed by atoms with van der Waals surface area (Å²) in [7, 11) is 0. The molecule has 0 saturated carbocycles. The van der Waals surface area contributed by atoms with Crippen molar-refractivity contribution in [2.24, 2.45) is 11.8 Å². The number of rotatable bonds is 4. The molecule has 1 aliphatic rings. The molecule has 1 heterocycles. The van der Waals surface area contributed by atoms with E-state index in [-0.39, 0.29) is 12.8 Å². The van der Waals surface area contributed by atoms with E-state index >= 15 is 0 Å². The third-order valence-corrected chi connectivity index (χ3v) is 3.82. The van der Waals surface area contributed by atoms with Crippen LogP contribution in [0.3, 0.4) is 0 Å². The van der Waals surface area contributed by atoms with Crippen molar-refractivity contribution in [3.63, 3.8) is 0 Å². The first-order chi connectivity index (χ1) is 9.40. The van der Waals surface area contributed by atoms with Gasteiger partial charge in [-0.05, 0) is 31.1 Å². The molecular formula is C14H24N2O4. The number of nitrogens with zero attached hydrogens (tertiary/aromatic N) is 1. The maximum absolute atomic E-state index is 11.9. The van der Waals surface area contributed by atoms with E-state index in [2.05, 4.69) is 19.2 Å². The second-order valence-corrected chi connectivity index (χ2v) is 5.67. The summed E-state index contributed by atoms with van der Waals surface area (Å²) < 4.78 is 0.